The standard InChI is InChI=1S/C12H18ClNO2/c1-3-10(15)8-16-12-9(7-14-2)5-4-6-11(12)13/h4-6,10,14-15H,3,7-8H2,1-2H3. The van der Waals surface area contributed by atoms with Gasteiger partial charge < -0.3 is 15.2 Å². The van der Waals surface area contributed by atoms with Crippen molar-refractivity contribution in [2.75, 3.05) is 13.7 Å². The highest BCUT2D eigenvalue weighted by atomic mass is 35.5. The summed E-state index contributed by atoms with van der Waals surface area (Å²) in [5.41, 5.74) is 0.998. The van der Waals surface area contributed by atoms with Gasteiger partial charge in [0.05, 0.1) is 11.1 Å². The summed E-state index contributed by atoms with van der Waals surface area (Å²) in [6, 6.07) is 5.63. The van der Waals surface area contributed by atoms with Crippen LogP contribution < -0.4 is 10.1 Å². The molecule has 0 saturated heterocycles. The molecule has 1 aromatic rings. The van der Waals surface area contributed by atoms with Crippen molar-refractivity contribution in [1.29, 1.82) is 0 Å². The number of para-hydroxylation sites is 1. The van der Waals surface area contributed by atoms with Crippen molar-refractivity contribution in [1.82, 2.24) is 5.32 Å². The third-order valence-electron chi connectivity index (χ3n) is 2.31. The fraction of sp³-hybridized carbons (Fsp3) is 0.500. The Balaban J connectivity index is 2.75. The number of ether oxygens (including phenoxy) is 1. The minimum atomic E-state index is -0.446. The molecule has 0 fully saturated rings. The van der Waals surface area contributed by atoms with Gasteiger partial charge in [0.25, 0.3) is 0 Å². The number of aliphatic hydroxyl groups excluding tert-OH is 1. The van der Waals surface area contributed by atoms with E-state index in [1.807, 2.05) is 26.1 Å². The molecule has 0 aliphatic rings. The van der Waals surface area contributed by atoms with Crippen LogP contribution in [0, 0.1) is 0 Å². The second-order valence-corrected chi connectivity index (χ2v) is 4.04. The van der Waals surface area contributed by atoms with Gasteiger partial charge in [-0.05, 0) is 19.5 Å². The van der Waals surface area contributed by atoms with Crippen molar-refractivity contribution >= 4 is 11.6 Å². The summed E-state index contributed by atoms with van der Waals surface area (Å²) in [4.78, 5) is 0. The third-order valence-corrected chi connectivity index (χ3v) is 2.60. The van der Waals surface area contributed by atoms with Crippen LogP contribution in [0.15, 0.2) is 18.2 Å². The van der Waals surface area contributed by atoms with Crippen LogP contribution in [-0.4, -0.2) is 24.9 Å². The van der Waals surface area contributed by atoms with Crippen molar-refractivity contribution in [2.45, 2.75) is 26.0 Å². The molecule has 0 bridgehead atoms. The van der Waals surface area contributed by atoms with Gasteiger partial charge in [0.1, 0.15) is 12.4 Å². The van der Waals surface area contributed by atoms with Gasteiger partial charge in [-0.1, -0.05) is 30.7 Å². The van der Waals surface area contributed by atoms with Crippen molar-refractivity contribution < 1.29 is 9.84 Å². The van der Waals surface area contributed by atoms with Crippen LogP contribution in [0.1, 0.15) is 18.9 Å². The monoisotopic (exact) mass is 243 g/mol. The maximum atomic E-state index is 9.45. The van der Waals surface area contributed by atoms with Crippen LogP contribution in [-0.2, 0) is 6.54 Å². The van der Waals surface area contributed by atoms with E-state index in [-0.39, 0.29) is 6.61 Å². The van der Waals surface area contributed by atoms with Gasteiger partial charge in [0.15, 0.2) is 0 Å². The lowest BCUT2D eigenvalue weighted by Gasteiger charge is -2.15. The van der Waals surface area contributed by atoms with Crippen molar-refractivity contribution in [3.63, 3.8) is 0 Å². The molecule has 0 aromatic heterocycles. The molecule has 0 spiro atoms. The van der Waals surface area contributed by atoms with Crippen molar-refractivity contribution in [3.05, 3.63) is 28.8 Å². The smallest absolute Gasteiger partial charge is 0.142 e. The zero-order chi connectivity index (χ0) is 12.0. The number of halogens is 1. The second kappa shape index (κ2) is 6.74. The van der Waals surface area contributed by atoms with Crippen LogP contribution in [0.5, 0.6) is 5.75 Å². The molecular formula is C12H18ClNO2. The third kappa shape index (κ3) is 3.67. The maximum absolute atomic E-state index is 9.45. The van der Waals surface area contributed by atoms with E-state index in [1.54, 1.807) is 6.07 Å². The van der Waals surface area contributed by atoms with Gasteiger partial charge >= 0.3 is 0 Å². The summed E-state index contributed by atoms with van der Waals surface area (Å²) in [7, 11) is 1.87. The highest BCUT2D eigenvalue weighted by Crippen LogP contribution is 2.28. The quantitative estimate of drug-likeness (QED) is 0.805. The Kier molecular flexibility index (Phi) is 5.60. The van der Waals surface area contributed by atoms with Crippen LogP contribution in [0.25, 0.3) is 0 Å². The molecule has 16 heavy (non-hydrogen) atoms. The van der Waals surface area contributed by atoms with Gasteiger partial charge in [-0.3, -0.25) is 0 Å². The van der Waals surface area contributed by atoms with Crippen LogP contribution >= 0.6 is 11.6 Å². The summed E-state index contributed by atoms with van der Waals surface area (Å²) in [6.45, 7) is 2.88. The predicted octanol–water partition coefficient (Wildman–Crippen LogP) is 2.21. The molecule has 0 aliphatic heterocycles. The van der Waals surface area contributed by atoms with Crippen molar-refractivity contribution in [3.8, 4) is 5.75 Å². The minimum absolute atomic E-state index is 0.275. The number of hydrogen-bond acceptors (Lipinski definition) is 3. The summed E-state index contributed by atoms with van der Waals surface area (Å²) >= 11 is 6.06. The lowest BCUT2D eigenvalue weighted by molar-refractivity contribution is 0.104. The molecule has 0 heterocycles. The lowest BCUT2D eigenvalue weighted by Crippen LogP contribution is -2.17. The van der Waals surface area contributed by atoms with Crippen LogP contribution in [0.2, 0.25) is 5.02 Å². The SMILES string of the molecule is CCC(O)COc1c(Cl)cccc1CNC. The Hall–Kier alpha value is -0.770. The van der Waals surface area contributed by atoms with Crippen molar-refractivity contribution in [2.24, 2.45) is 0 Å². The predicted molar refractivity (Wildman–Crippen MR) is 66.0 cm³/mol. The zero-order valence-electron chi connectivity index (χ0n) is 9.66. The first kappa shape index (κ1) is 13.3. The van der Waals surface area contributed by atoms with Gasteiger partial charge in [0.2, 0.25) is 0 Å². The van der Waals surface area contributed by atoms with E-state index >= 15 is 0 Å². The van der Waals surface area contributed by atoms with E-state index in [4.69, 9.17) is 16.3 Å². The molecule has 90 valence electrons. The Morgan fingerprint density at radius 3 is 2.88 bits per heavy atom. The van der Waals surface area contributed by atoms with Crippen LogP contribution in [0.3, 0.4) is 0 Å². The van der Waals surface area contributed by atoms with Gasteiger partial charge in [-0.2, -0.15) is 0 Å². The van der Waals surface area contributed by atoms with E-state index in [2.05, 4.69) is 5.32 Å². The molecule has 4 heteroatoms. The first-order valence-corrected chi connectivity index (χ1v) is 5.79. The molecule has 2 N–H and O–H groups in total. The normalized spacial score (nSPS) is 12.5. The summed E-state index contributed by atoms with van der Waals surface area (Å²) in [6.07, 6.45) is 0.227. The van der Waals surface area contributed by atoms with Gasteiger partial charge in [0, 0.05) is 12.1 Å². The Bertz CT molecular complexity index is 331. The maximum Gasteiger partial charge on any atom is 0.142 e. The van der Waals surface area contributed by atoms with E-state index in [0.29, 0.717) is 23.7 Å². The Morgan fingerprint density at radius 1 is 1.50 bits per heavy atom. The minimum Gasteiger partial charge on any atom is -0.489 e. The largest absolute Gasteiger partial charge is 0.489 e. The zero-order valence-corrected chi connectivity index (χ0v) is 10.4. The number of hydrogen-bond donors (Lipinski definition) is 2. The van der Waals surface area contributed by atoms with E-state index in [9.17, 15) is 5.11 Å². The number of benzene rings is 1. The molecule has 0 saturated carbocycles. The summed E-state index contributed by atoms with van der Waals surface area (Å²) in [5.74, 6) is 0.658. The molecule has 3 nitrogen and oxygen atoms in total. The van der Waals surface area contributed by atoms with E-state index < -0.39 is 6.10 Å². The Labute approximate surface area is 101 Å². The molecule has 1 rings (SSSR count). The molecular weight excluding hydrogens is 226 g/mol. The number of nitrogens with one attached hydrogen (secondary N) is 1. The average molecular weight is 244 g/mol. The van der Waals surface area contributed by atoms with Crippen LogP contribution in [0.4, 0.5) is 0 Å². The van der Waals surface area contributed by atoms with E-state index in [1.165, 1.54) is 0 Å². The average Bonchev–Trinajstić information content (AvgIpc) is 2.28. The molecule has 1 aromatic carbocycles. The molecule has 1 atom stereocenters. The molecule has 0 radical (unpaired) electrons. The summed E-state index contributed by atoms with van der Waals surface area (Å²) < 4.78 is 5.55. The number of aliphatic hydroxyl groups is 1. The van der Waals surface area contributed by atoms with E-state index in [0.717, 1.165) is 5.56 Å². The molecule has 0 aliphatic carbocycles. The Morgan fingerprint density at radius 2 is 2.25 bits per heavy atom. The lowest BCUT2D eigenvalue weighted by atomic mass is 10.2. The van der Waals surface area contributed by atoms with Gasteiger partial charge in [-0.15, -0.1) is 0 Å². The fourth-order valence-electron chi connectivity index (χ4n) is 1.34. The highest BCUT2D eigenvalue weighted by Gasteiger charge is 2.09. The second-order valence-electron chi connectivity index (χ2n) is 3.63. The van der Waals surface area contributed by atoms with Gasteiger partial charge in [-0.25, -0.2) is 0 Å². The fourth-order valence-corrected chi connectivity index (χ4v) is 1.59. The number of rotatable bonds is 6. The molecule has 1 unspecified atom stereocenters. The first-order valence-electron chi connectivity index (χ1n) is 5.41. The topological polar surface area (TPSA) is 41.5 Å². The molecule has 0 amide bonds. The highest BCUT2D eigenvalue weighted by molar-refractivity contribution is 6.32. The first-order chi connectivity index (χ1) is 7.69. The summed E-state index contributed by atoms with van der Waals surface area (Å²) in [5, 5.41) is 13.1.